The van der Waals surface area contributed by atoms with Gasteiger partial charge in [0, 0.05) is 71.9 Å². The summed E-state index contributed by atoms with van der Waals surface area (Å²) in [4.78, 5) is 52.6. The lowest BCUT2D eigenvalue weighted by molar-refractivity contribution is 0.0786. The van der Waals surface area contributed by atoms with Crippen molar-refractivity contribution in [3.63, 3.8) is 0 Å². The molecule has 4 bridgehead atoms. The Kier molecular flexibility index (Phi) is 7.49. The molecule has 3 aromatic heterocycles. The molecule has 0 aliphatic carbocycles. The Morgan fingerprint density at radius 2 is 1.67 bits per heavy atom. The number of benzene rings is 4. The monoisotopic (exact) mass is 708 g/mol. The first-order valence-electron chi connectivity index (χ1n) is 15.5. The molecule has 1 amide bonds. The summed E-state index contributed by atoms with van der Waals surface area (Å²) in [7, 11) is 3.33. The van der Waals surface area contributed by atoms with Crippen molar-refractivity contribution in [2.75, 3.05) is 12.4 Å². The molecule has 0 fully saturated rings. The molecular weight excluding hydrogens is 685 g/mol. The Morgan fingerprint density at radius 3 is 2.49 bits per heavy atom. The Morgan fingerprint density at radius 1 is 0.902 bits per heavy atom. The summed E-state index contributed by atoms with van der Waals surface area (Å²) in [5.74, 6) is -4.56. The summed E-state index contributed by atoms with van der Waals surface area (Å²) in [6, 6.07) is 14.8. The Bertz CT molecular complexity index is 2740. The first-order valence-corrected chi connectivity index (χ1v) is 15.9. The zero-order valence-corrected chi connectivity index (χ0v) is 27.5. The Labute approximate surface area is 290 Å². The number of nitrogens with zero attached hydrogens (tertiary/aromatic N) is 7. The molecule has 7 aromatic rings. The SMILES string of the molecule is CN1Cc2c(c(Cl)cc3nn(C)cc23)Nc2nc(=O)n(c(=O)n2Cc2cc(F)c(F)cc2F)-c2cncc3cccc(c23)-c2cccc(c2)C1=O. The average Bonchev–Trinajstić information content (AvgIpc) is 3.48. The summed E-state index contributed by atoms with van der Waals surface area (Å²) in [5, 5.41) is 9.16. The maximum atomic E-state index is 15.1. The maximum Gasteiger partial charge on any atom is 0.359 e. The summed E-state index contributed by atoms with van der Waals surface area (Å²) < 4.78 is 46.8. The van der Waals surface area contributed by atoms with Crippen molar-refractivity contribution in [1.82, 2.24) is 33.8 Å². The predicted molar refractivity (Wildman–Crippen MR) is 185 cm³/mol. The molecule has 15 heteroatoms. The van der Waals surface area contributed by atoms with Crippen molar-refractivity contribution < 1.29 is 18.0 Å². The van der Waals surface area contributed by atoms with Crippen LogP contribution in [0.4, 0.5) is 24.8 Å². The van der Waals surface area contributed by atoms with Crippen molar-refractivity contribution in [3.8, 4) is 16.8 Å². The number of halogens is 4. The van der Waals surface area contributed by atoms with Crippen molar-refractivity contribution in [2.24, 2.45) is 7.05 Å². The van der Waals surface area contributed by atoms with Crippen LogP contribution in [0, 0.1) is 17.5 Å². The van der Waals surface area contributed by atoms with E-state index >= 15 is 4.39 Å². The van der Waals surface area contributed by atoms with Crippen LogP contribution in [0.2, 0.25) is 5.02 Å². The van der Waals surface area contributed by atoms with E-state index in [0.29, 0.717) is 56.1 Å². The van der Waals surface area contributed by atoms with E-state index in [1.165, 1.54) is 11.1 Å². The third-order valence-corrected chi connectivity index (χ3v) is 9.18. The second kappa shape index (κ2) is 11.9. The topological polar surface area (TPSA) is 120 Å². The van der Waals surface area contributed by atoms with E-state index < -0.39 is 40.9 Å². The fraction of sp³-hybridized carbons (Fsp3) is 0.111. The molecule has 11 nitrogen and oxygen atoms in total. The zero-order valence-electron chi connectivity index (χ0n) is 26.8. The van der Waals surface area contributed by atoms with Gasteiger partial charge in [-0.15, -0.1) is 0 Å². The minimum atomic E-state index is -1.41. The van der Waals surface area contributed by atoms with Crippen molar-refractivity contribution in [1.29, 1.82) is 0 Å². The number of carbonyl (C=O) groups is 1. The quantitative estimate of drug-likeness (QED) is 0.221. The molecule has 2 aliphatic rings. The van der Waals surface area contributed by atoms with E-state index in [1.807, 2.05) is 0 Å². The summed E-state index contributed by atoms with van der Waals surface area (Å²) >= 11 is 6.83. The highest BCUT2D eigenvalue weighted by Gasteiger charge is 2.25. The first kappa shape index (κ1) is 32.0. The van der Waals surface area contributed by atoms with Gasteiger partial charge in [-0.3, -0.25) is 19.0 Å². The highest BCUT2D eigenvalue weighted by Crippen LogP contribution is 2.37. The van der Waals surface area contributed by atoms with Crippen LogP contribution in [0.15, 0.2) is 88.8 Å². The van der Waals surface area contributed by atoms with Crippen LogP contribution < -0.4 is 16.7 Å². The van der Waals surface area contributed by atoms with E-state index in [2.05, 4.69) is 20.4 Å². The second-order valence-corrected chi connectivity index (χ2v) is 12.6. The molecule has 5 heterocycles. The number of hydrogen-bond acceptors (Lipinski definition) is 7. The van der Waals surface area contributed by atoms with Gasteiger partial charge in [0.25, 0.3) is 5.91 Å². The number of anilines is 2. The van der Waals surface area contributed by atoms with Crippen molar-refractivity contribution >= 4 is 50.8 Å². The molecule has 9 rings (SSSR count). The number of amides is 1. The Hall–Kier alpha value is -6.28. The minimum absolute atomic E-state index is 0.0165. The lowest BCUT2D eigenvalue weighted by Crippen LogP contribution is -2.42. The normalized spacial score (nSPS) is 12.8. The summed E-state index contributed by atoms with van der Waals surface area (Å²) in [5.41, 5.74) is 0.371. The number of aryl methyl sites for hydroxylation is 1. The van der Waals surface area contributed by atoms with Gasteiger partial charge in [0.1, 0.15) is 5.82 Å². The van der Waals surface area contributed by atoms with Gasteiger partial charge >= 0.3 is 11.4 Å². The van der Waals surface area contributed by atoms with Crippen LogP contribution in [-0.4, -0.2) is 46.7 Å². The van der Waals surface area contributed by atoms with Gasteiger partial charge in [-0.1, -0.05) is 41.9 Å². The van der Waals surface area contributed by atoms with E-state index in [-0.39, 0.29) is 34.8 Å². The second-order valence-electron chi connectivity index (χ2n) is 12.2. The zero-order chi connectivity index (χ0) is 35.7. The minimum Gasteiger partial charge on any atom is -0.337 e. The molecule has 0 saturated carbocycles. The van der Waals surface area contributed by atoms with E-state index in [0.717, 1.165) is 9.13 Å². The van der Waals surface area contributed by atoms with E-state index in [1.54, 1.807) is 79.7 Å². The molecule has 0 spiro atoms. The maximum absolute atomic E-state index is 15.1. The van der Waals surface area contributed by atoms with E-state index in [4.69, 9.17) is 11.6 Å². The third kappa shape index (κ3) is 5.31. The first-order chi connectivity index (χ1) is 24.5. The summed E-state index contributed by atoms with van der Waals surface area (Å²) in [6.45, 7) is -0.692. The molecule has 254 valence electrons. The third-order valence-electron chi connectivity index (χ3n) is 8.88. The van der Waals surface area contributed by atoms with Crippen LogP contribution in [-0.2, 0) is 20.1 Å². The largest absolute Gasteiger partial charge is 0.359 e. The van der Waals surface area contributed by atoms with Crippen LogP contribution in [0.25, 0.3) is 38.5 Å². The van der Waals surface area contributed by atoms with Crippen molar-refractivity contribution in [2.45, 2.75) is 13.1 Å². The van der Waals surface area contributed by atoms with Gasteiger partial charge in [-0.2, -0.15) is 10.1 Å². The van der Waals surface area contributed by atoms with Crippen LogP contribution in [0.5, 0.6) is 0 Å². The fourth-order valence-corrected chi connectivity index (χ4v) is 6.76. The van der Waals surface area contributed by atoms with Gasteiger partial charge in [-0.25, -0.2) is 27.3 Å². The predicted octanol–water partition coefficient (Wildman–Crippen LogP) is 5.94. The number of fused-ring (bicyclic) bond motifs is 5. The van der Waals surface area contributed by atoms with Crippen LogP contribution in [0.3, 0.4) is 0 Å². The molecule has 0 saturated heterocycles. The average molecular weight is 709 g/mol. The van der Waals surface area contributed by atoms with E-state index in [9.17, 15) is 23.2 Å². The van der Waals surface area contributed by atoms with Gasteiger partial charge < -0.3 is 10.2 Å². The summed E-state index contributed by atoms with van der Waals surface area (Å²) in [6.07, 6.45) is 4.61. The molecule has 2 aliphatic heterocycles. The smallest absolute Gasteiger partial charge is 0.337 e. The van der Waals surface area contributed by atoms with Crippen LogP contribution in [0.1, 0.15) is 21.5 Å². The number of aromatic nitrogens is 6. The molecule has 1 N–H and O–H groups in total. The lowest BCUT2D eigenvalue weighted by Gasteiger charge is -2.23. The highest BCUT2D eigenvalue weighted by atomic mass is 35.5. The number of rotatable bonds is 2. The number of nitrogens with one attached hydrogen (secondary N) is 1. The molecule has 0 atom stereocenters. The Balaban J connectivity index is 1.49. The molecule has 51 heavy (non-hydrogen) atoms. The van der Waals surface area contributed by atoms with Gasteiger partial charge in [0.15, 0.2) is 11.6 Å². The number of carbonyl (C=O) groups excluding carboxylic acids is 1. The highest BCUT2D eigenvalue weighted by molar-refractivity contribution is 6.34. The van der Waals surface area contributed by atoms with Gasteiger partial charge in [0.05, 0.1) is 34.7 Å². The van der Waals surface area contributed by atoms with Crippen molar-refractivity contribution in [3.05, 3.63) is 139 Å². The standard InChI is InChI=1S/C36H24ClF3N8O3/c1-45-16-24-23-17-46(2)44-29(23)11-25(37)32(24)42-34-43-35(50)48(36(51)47(34)15-21-10-27(39)28(40)12-26(21)38)30-14-41-13-20-7-4-8-22(31(20)30)18-5-3-6-19(9-18)33(45)49/h3-14,17H,15-16H2,1-2H3,(H,42,43,50). The lowest BCUT2D eigenvalue weighted by atomic mass is 9.96. The van der Waals surface area contributed by atoms with Crippen LogP contribution >= 0.6 is 11.6 Å². The molecule has 0 unspecified atom stereocenters. The molecular formula is C36H24ClF3N8O3. The number of hydrogen-bond donors (Lipinski definition) is 1. The molecule has 0 radical (unpaired) electrons. The number of pyridine rings is 1. The van der Waals surface area contributed by atoms with Gasteiger partial charge in [0.2, 0.25) is 5.95 Å². The van der Waals surface area contributed by atoms with Gasteiger partial charge in [-0.05, 0) is 35.4 Å². The molecule has 4 aromatic carbocycles. The fourth-order valence-electron chi connectivity index (χ4n) is 6.50.